The molecule has 6 rings (SSSR count). The molecule has 1 N–H and O–H groups in total. The van der Waals surface area contributed by atoms with Gasteiger partial charge >= 0.3 is 11.0 Å². The predicted molar refractivity (Wildman–Crippen MR) is 178 cm³/mol. The van der Waals surface area contributed by atoms with Gasteiger partial charge in [0.15, 0.2) is 0 Å². The Balaban J connectivity index is 1.40. The first-order valence-electron chi connectivity index (χ1n) is 14.8. The third-order valence-corrected chi connectivity index (χ3v) is 11.2. The highest BCUT2D eigenvalue weighted by molar-refractivity contribution is 8.00. The van der Waals surface area contributed by atoms with E-state index in [0.717, 1.165) is 58.9 Å². The number of anilines is 3. The molecule has 244 valence electrons. The Labute approximate surface area is 281 Å². The second-order valence-electron chi connectivity index (χ2n) is 11.0. The van der Waals surface area contributed by atoms with E-state index in [2.05, 4.69) is 10.2 Å². The summed E-state index contributed by atoms with van der Waals surface area (Å²) >= 11 is 7.95. The van der Waals surface area contributed by atoms with Crippen LogP contribution in [0.5, 0.6) is 0 Å². The first-order chi connectivity index (χ1) is 22.4. The van der Waals surface area contributed by atoms with E-state index in [0.29, 0.717) is 26.2 Å². The van der Waals surface area contributed by atoms with Crippen molar-refractivity contribution in [3.8, 4) is 0 Å². The molecule has 47 heavy (non-hydrogen) atoms. The van der Waals surface area contributed by atoms with Gasteiger partial charge in [-0.25, -0.2) is 4.90 Å². The number of nitrogens with zero attached hydrogens (tertiary/aromatic N) is 3. The minimum Gasteiger partial charge on any atom is -0.372 e. The smallest absolute Gasteiger partial charge is 0.372 e. The van der Waals surface area contributed by atoms with Crippen LogP contribution in [-0.4, -0.2) is 40.6 Å². The fraction of sp³-hybridized carbons (Fsp3) is 0.273. The van der Waals surface area contributed by atoms with Crippen molar-refractivity contribution in [2.45, 2.75) is 42.8 Å². The van der Waals surface area contributed by atoms with Crippen LogP contribution in [0.1, 0.15) is 35.8 Å². The maximum atomic E-state index is 14.1. The molecule has 0 aliphatic carbocycles. The summed E-state index contributed by atoms with van der Waals surface area (Å²) in [5, 5.41) is 2.13. The molecule has 2 aliphatic rings. The van der Waals surface area contributed by atoms with Gasteiger partial charge in [0.25, 0.3) is 0 Å². The number of thiazole rings is 1. The van der Waals surface area contributed by atoms with Crippen LogP contribution in [-0.2, 0) is 27.1 Å². The van der Waals surface area contributed by atoms with Crippen molar-refractivity contribution in [3.05, 3.63) is 103 Å². The average Bonchev–Trinajstić information content (AvgIpc) is 3.48. The van der Waals surface area contributed by atoms with E-state index >= 15 is 0 Å². The van der Waals surface area contributed by atoms with E-state index in [1.807, 2.05) is 38.1 Å². The summed E-state index contributed by atoms with van der Waals surface area (Å²) < 4.78 is 41.9. The van der Waals surface area contributed by atoms with Crippen LogP contribution in [0.25, 0.3) is 0 Å². The van der Waals surface area contributed by atoms with Gasteiger partial charge in [-0.05, 0) is 67.9 Å². The largest absolute Gasteiger partial charge is 0.418 e. The summed E-state index contributed by atoms with van der Waals surface area (Å²) in [5.74, 6) is -3.29. The topological polar surface area (TPSA) is 91.7 Å². The number of para-hydroxylation sites is 1. The van der Waals surface area contributed by atoms with Crippen LogP contribution in [0, 0.1) is 5.92 Å². The van der Waals surface area contributed by atoms with E-state index in [1.165, 1.54) is 16.7 Å². The van der Waals surface area contributed by atoms with Crippen molar-refractivity contribution in [1.29, 1.82) is 0 Å². The van der Waals surface area contributed by atoms with E-state index in [1.54, 1.807) is 24.3 Å². The number of benzene rings is 3. The zero-order valence-corrected chi connectivity index (χ0v) is 27.5. The third kappa shape index (κ3) is 6.07. The molecule has 8 nitrogen and oxygen atoms in total. The summed E-state index contributed by atoms with van der Waals surface area (Å²) in [5.41, 5.74) is 0.595. The number of fused-ring (bicyclic) bond motifs is 2. The van der Waals surface area contributed by atoms with Gasteiger partial charge in [-0.2, -0.15) is 13.2 Å². The number of alkyl halides is 3. The summed E-state index contributed by atoms with van der Waals surface area (Å²) in [6.45, 7) is 5.07. The standard InChI is InChI=1S/C33H28ClF3N4O4S2/c1-3-39(4-2)20-13-9-18(10-14-20)25-26-27(30(44)41(29(26)43)21-15-11-19(34)12-16-21)46-31-28(25)47-32(45)40(31)17-24(42)38-23-8-6-5-7-22(23)33(35,36)37/h5-16,25-27H,3-4,17H2,1-2H3,(H,38,42)/t25-,26?,27?/m1/s1. The van der Waals surface area contributed by atoms with Crippen molar-refractivity contribution in [2.75, 3.05) is 28.2 Å². The van der Waals surface area contributed by atoms with Crippen molar-refractivity contribution in [1.82, 2.24) is 4.57 Å². The molecule has 1 aromatic heterocycles. The van der Waals surface area contributed by atoms with E-state index in [4.69, 9.17) is 11.6 Å². The van der Waals surface area contributed by atoms with Crippen LogP contribution in [0.2, 0.25) is 5.02 Å². The molecule has 3 atom stereocenters. The van der Waals surface area contributed by atoms with E-state index < -0.39 is 63.7 Å². The number of nitrogens with one attached hydrogen (secondary N) is 1. The summed E-state index contributed by atoms with van der Waals surface area (Å²) in [6, 6.07) is 18.5. The number of carbonyl (C=O) groups is 3. The Morgan fingerprint density at radius 2 is 1.60 bits per heavy atom. The molecule has 0 saturated carbocycles. The molecule has 3 aromatic carbocycles. The molecule has 0 bridgehead atoms. The number of amides is 3. The Morgan fingerprint density at radius 1 is 0.936 bits per heavy atom. The van der Waals surface area contributed by atoms with Crippen molar-refractivity contribution in [2.24, 2.45) is 5.92 Å². The Morgan fingerprint density at radius 3 is 2.23 bits per heavy atom. The predicted octanol–water partition coefficient (Wildman–Crippen LogP) is 6.86. The number of carbonyl (C=O) groups excluding carboxylic acids is 3. The molecule has 0 spiro atoms. The van der Waals surface area contributed by atoms with Gasteiger partial charge in [-0.1, -0.05) is 59.0 Å². The first-order valence-corrected chi connectivity index (χ1v) is 16.8. The van der Waals surface area contributed by atoms with Gasteiger partial charge in [0.1, 0.15) is 11.8 Å². The number of aromatic nitrogens is 1. The normalized spacial score (nSPS) is 19.0. The minimum absolute atomic E-state index is 0.331. The third-order valence-electron chi connectivity index (χ3n) is 8.32. The summed E-state index contributed by atoms with van der Waals surface area (Å²) in [7, 11) is 0. The lowest BCUT2D eigenvalue weighted by Gasteiger charge is -2.31. The number of hydrogen-bond donors (Lipinski definition) is 1. The molecule has 2 unspecified atom stereocenters. The fourth-order valence-corrected chi connectivity index (χ4v) is 9.01. The van der Waals surface area contributed by atoms with Gasteiger partial charge < -0.3 is 10.2 Å². The molecule has 0 radical (unpaired) electrons. The fourth-order valence-electron chi connectivity index (χ4n) is 6.11. The molecular formula is C33H28ClF3N4O4S2. The monoisotopic (exact) mass is 700 g/mol. The molecular weight excluding hydrogens is 673 g/mol. The Hall–Kier alpha value is -4.07. The van der Waals surface area contributed by atoms with Crippen LogP contribution in [0.3, 0.4) is 0 Å². The second-order valence-corrected chi connectivity index (χ2v) is 13.6. The van der Waals surface area contributed by atoms with E-state index in [-0.39, 0.29) is 0 Å². The lowest BCUT2D eigenvalue weighted by molar-refractivity contribution is -0.137. The van der Waals surface area contributed by atoms with Crippen molar-refractivity contribution in [3.63, 3.8) is 0 Å². The number of halogens is 4. The van der Waals surface area contributed by atoms with Gasteiger partial charge in [0.2, 0.25) is 17.7 Å². The molecule has 3 amide bonds. The molecule has 14 heteroatoms. The van der Waals surface area contributed by atoms with Gasteiger partial charge in [0.05, 0.1) is 27.9 Å². The lowest BCUT2D eigenvalue weighted by atomic mass is 9.83. The van der Waals surface area contributed by atoms with Crippen molar-refractivity contribution >= 4 is 69.5 Å². The van der Waals surface area contributed by atoms with Crippen molar-refractivity contribution < 1.29 is 27.6 Å². The number of imide groups is 1. The summed E-state index contributed by atoms with van der Waals surface area (Å²) in [4.78, 5) is 57.9. The molecule has 1 fully saturated rings. The molecule has 2 aliphatic heterocycles. The zero-order chi connectivity index (χ0) is 33.6. The highest BCUT2D eigenvalue weighted by Gasteiger charge is 2.56. The lowest BCUT2D eigenvalue weighted by Crippen LogP contribution is -2.33. The van der Waals surface area contributed by atoms with Crippen LogP contribution < -0.4 is 20.0 Å². The molecule has 1 saturated heterocycles. The first kappa shape index (κ1) is 32.9. The minimum atomic E-state index is -4.70. The maximum absolute atomic E-state index is 14.1. The Bertz CT molecular complexity index is 1910. The number of thioether (sulfide) groups is 1. The second kappa shape index (κ2) is 12.9. The quantitative estimate of drug-likeness (QED) is 0.202. The van der Waals surface area contributed by atoms with Crippen LogP contribution in [0.15, 0.2) is 82.6 Å². The number of rotatable bonds is 8. The van der Waals surface area contributed by atoms with Gasteiger partial charge in [-0.15, -0.1) is 0 Å². The molecule has 3 heterocycles. The SMILES string of the molecule is CCN(CC)c1ccc([C@H]2c3sc(=O)n(CC(=O)Nc4ccccc4C(F)(F)F)c3SC3C(=O)N(c4ccc(Cl)cc4)C(=O)C32)cc1. The number of hydrogen-bond acceptors (Lipinski definition) is 7. The van der Waals surface area contributed by atoms with Crippen LogP contribution >= 0.6 is 34.7 Å². The zero-order valence-electron chi connectivity index (χ0n) is 25.1. The van der Waals surface area contributed by atoms with Gasteiger partial charge in [-0.3, -0.25) is 23.7 Å². The summed E-state index contributed by atoms with van der Waals surface area (Å²) in [6.07, 6.45) is -4.70. The highest BCUT2D eigenvalue weighted by Crippen LogP contribution is 2.54. The molecule has 4 aromatic rings. The van der Waals surface area contributed by atoms with Crippen LogP contribution in [0.4, 0.5) is 30.2 Å². The van der Waals surface area contributed by atoms with Gasteiger partial charge in [0, 0.05) is 34.6 Å². The highest BCUT2D eigenvalue weighted by atomic mass is 35.5. The Kier molecular flexibility index (Phi) is 8.98. The van der Waals surface area contributed by atoms with E-state index in [9.17, 15) is 32.3 Å². The maximum Gasteiger partial charge on any atom is 0.418 e. The average molecular weight is 701 g/mol.